The molecule has 0 aliphatic rings. The smallest absolute Gasteiger partial charge is 0.434 e. The number of aromatic nitrogens is 1. The minimum atomic E-state index is -5.54. The summed E-state index contributed by atoms with van der Waals surface area (Å²) in [7, 11) is 0. The first-order valence-electron chi connectivity index (χ1n) is 5.64. The Hall–Kier alpha value is -1.67. The van der Waals surface area contributed by atoms with Crippen LogP contribution in [0.3, 0.4) is 0 Å². The molecule has 0 aliphatic carbocycles. The van der Waals surface area contributed by atoms with Gasteiger partial charge in [-0.05, 0) is 12.5 Å². The molecule has 1 rings (SSSR count). The fourth-order valence-corrected chi connectivity index (χ4v) is 1.29. The summed E-state index contributed by atoms with van der Waals surface area (Å²) in [4.78, 5) is 3.75. The van der Waals surface area contributed by atoms with E-state index in [1.165, 1.54) is 0 Å². The molecule has 1 N–H and O–H groups in total. The second kappa shape index (κ2) is 6.19. The molecular weight excluding hydrogens is 290 g/mol. The van der Waals surface area contributed by atoms with Gasteiger partial charge in [0.15, 0.2) is 0 Å². The molecule has 0 bridgehead atoms. The molecule has 0 fully saturated rings. The number of nitrogens with one attached hydrogen (secondary N) is 1. The SMILES string of the molecule is CCCNc1cc(OC(C(F)(F)F)C(F)(F)F)ccn1. The Labute approximate surface area is 110 Å². The van der Waals surface area contributed by atoms with E-state index in [1.54, 1.807) is 0 Å². The number of nitrogens with zero attached hydrogens (tertiary/aromatic N) is 1. The van der Waals surface area contributed by atoms with Crippen molar-refractivity contribution in [3.8, 4) is 5.75 Å². The molecule has 1 heterocycles. The topological polar surface area (TPSA) is 34.1 Å². The Morgan fingerprint density at radius 1 is 1.20 bits per heavy atom. The zero-order valence-electron chi connectivity index (χ0n) is 10.3. The highest BCUT2D eigenvalue weighted by Gasteiger charge is 2.59. The van der Waals surface area contributed by atoms with Crippen molar-refractivity contribution in [1.82, 2.24) is 4.98 Å². The van der Waals surface area contributed by atoms with Crippen LogP contribution in [0, 0.1) is 0 Å². The van der Waals surface area contributed by atoms with Crippen LogP contribution in [0.15, 0.2) is 18.3 Å². The first kappa shape index (κ1) is 16.4. The van der Waals surface area contributed by atoms with Gasteiger partial charge in [0.1, 0.15) is 11.6 Å². The summed E-state index contributed by atoms with van der Waals surface area (Å²) in [6.45, 7) is 2.33. The van der Waals surface area contributed by atoms with E-state index in [1.807, 2.05) is 6.92 Å². The van der Waals surface area contributed by atoms with E-state index >= 15 is 0 Å². The van der Waals surface area contributed by atoms with Crippen LogP contribution < -0.4 is 10.1 Å². The zero-order valence-corrected chi connectivity index (χ0v) is 10.3. The first-order chi connectivity index (χ1) is 9.14. The molecule has 9 heteroatoms. The van der Waals surface area contributed by atoms with E-state index < -0.39 is 24.2 Å². The van der Waals surface area contributed by atoms with Gasteiger partial charge in [-0.25, -0.2) is 4.98 Å². The Balaban J connectivity index is 2.89. The summed E-state index contributed by atoms with van der Waals surface area (Å²) >= 11 is 0. The van der Waals surface area contributed by atoms with Crippen molar-refractivity contribution < 1.29 is 31.1 Å². The van der Waals surface area contributed by atoms with Gasteiger partial charge in [-0.15, -0.1) is 0 Å². The average molecular weight is 302 g/mol. The molecule has 0 atom stereocenters. The minimum absolute atomic E-state index is 0.146. The van der Waals surface area contributed by atoms with Crippen LogP contribution in [0.1, 0.15) is 13.3 Å². The normalized spacial score (nSPS) is 12.6. The minimum Gasteiger partial charge on any atom is -0.471 e. The molecule has 0 aromatic carbocycles. The molecule has 0 aliphatic heterocycles. The van der Waals surface area contributed by atoms with E-state index in [9.17, 15) is 26.3 Å². The molecule has 0 radical (unpaired) electrons. The number of alkyl halides is 6. The standard InChI is InChI=1S/C11H12F6N2O/c1-2-4-18-8-6-7(3-5-19-8)20-9(10(12,13)14)11(15,16)17/h3,5-6,9H,2,4H2,1H3,(H,18,19). The molecular formula is C11H12F6N2O. The third-order valence-corrected chi connectivity index (χ3v) is 2.14. The van der Waals surface area contributed by atoms with Gasteiger partial charge < -0.3 is 10.1 Å². The van der Waals surface area contributed by atoms with Crippen molar-refractivity contribution >= 4 is 5.82 Å². The van der Waals surface area contributed by atoms with Gasteiger partial charge in [0.2, 0.25) is 0 Å². The Morgan fingerprint density at radius 3 is 2.30 bits per heavy atom. The van der Waals surface area contributed by atoms with Crippen LogP contribution in [0.25, 0.3) is 0 Å². The molecule has 1 aromatic heterocycles. The molecule has 0 spiro atoms. The predicted molar refractivity (Wildman–Crippen MR) is 59.5 cm³/mol. The first-order valence-corrected chi connectivity index (χ1v) is 5.64. The fourth-order valence-electron chi connectivity index (χ4n) is 1.29. The average Bonchev–Trinajstić information content (AvgIpc) is 2.31. The highest BCUT2D eigenvalue weighted by Crippen LogP contribution is 2.36. The summed E-state index contributed by atoms with van der Waals surface area (Å²) in [5.74, 6) is -0.411. The molecule has 0 saturated carbocycles. The van der Waals surface area contributed by atoms with E-state index in [2.05, 4.69) is 15.0 Å². The second-order valence-electron chi connectivity index (χ2n) is 3.88. The van der Waals surface area contributed by atoms with E-state index in [0.717, 1.165) is 24.8 Å². The number of ether oxygens (including phenoxy) is 1. The Morgan fingerprint density at radius 2 is 1.80 bits per heavy atom. The van der Waals surface area contributed by atoms with Gasteiger partial charge >= 0.3 is 12.4 Å². The number of halogens is 6. The maximum absolute atomic E-state index is 12.3. The molecule has 0 amide bonds. The molecule has 114 valence electrons. The zero-order chi connectivity index (χ0) is 15.4. The van der Waals surface area contributed by atoms with Crippen molar-refractivity contribution in [2.75, 3.05) is 11.9 Å². The van der Waals surface area contributed by atoms with Gasteiger partial charge in [0, 0.05) is 18.8 Å². The quantitative estimate of drug-likeness (QED) is 0.841. The number of pyridine rings is 1. The van der Waals surface area contributed by atoms with Crippen molar-refractivity contribution in [3.05, 3.63) is 18.3 Å². The van der Waals surface area contributed by atoms with Crippen molar-refractivity contribution in [2.45, 2.75) is 31.8 Å². The van der Waals surface area contributed by atoms with Crippen LogP contribution in [-0.2, 0) is 0 Å². The lowest BCUT2D eigenvalue weighted by atomic mass is 10.3. The highest BCUT2D eigenvalue weighted by molar-refractivity contribution is 5.40. The van der Waals surface area contributed by atoms with E-state index in [-0.39, 0.29) is 5.82 Å². The van der Waals surface area contributed by atoms with E-state index in [4.69, 9.17) is 0 Å². The maximum atomic E-state index is 12.3. The monoisotopic (exact) mass is 302 g/mol. The summed E-state index contributed by atoms with van der Waals surface area (Å²) in [5.41, 5.74) is 0. The third kappa shape index (κ3) is 4.78. The summed E-state index contributed by atoms with van der Waals surface area (Å²) < 4.78 is 78.0. The number of anilines is 1. The summed E-state index contributed by atoms with van der Waals surface area (Å²) in [6.07, 6.45) is -13.2. The molecule has 3 nitrogen and oxygen atoms in total. The summed E-state index contributed by atoms with van der Waals surface area (Å²) in [5, 5.41) is 2.73. The highest BCUT2D eigenvalue weighted by atomic mass is 19.4. The molecule has 0 unspecified atom stereocenters. The maximum Gasteiger partial charge on any atom is 0.434 e. The van der Waals surface area contributed by atoms with Gasteiger partial charge in [0.05, 0.1) is 0 Å². The lowest BCUT2D eigenvalue weighted by molar-refractivity contribution is -0.299. The number of hydrogen-bond donors (Lipinski definition) is 1. The van der Waals surface area contributed by atoms with E-state index in [0.29, 0.717) is 6.54 Å². The lowest BCUT2D eigenvalue weighted by Gasteiger charge is -2.23. The molecule has 1 aromatic rings. The van der Waals surface area contributed by atoms with Crippen molar-refractivity contribution in [2.24, 2.45) is 0 Å². The molecule has 20 heavy (non-hydrogen) atoms. The van der Waals surface area contributed by atoms with Gasteiger partial charge in [-0.2, -0.15) is 26.3 Å². The number of rotatable bonds is 5. The van der Waals surface area contributed by atoms with Crippen LogP contribution in [0.4, 0.5) is 32.2 Å². The van der Waals surface area contributed by atoms with Gasteiger partial charge in [-0.1, -0.05) is 6.92 Å². The van der Waals surface area contributed by atoms with Crippen molar-refractivity contribution in [3.63, 3.8) is 0 Å². The van der Waals surface area contributed by atoms with Crippen LogP contribution in [0.2, 0.25) is 0 Å². The number of hydrogen-bond acceptors (Lipinski definition) is 3. The van der Waals surface area contributed by atoms with Crippen LogP contribution in [-0.4, -0.2) is 30.0 Å². The van der Waals surface area contributed by atoms with Crippen molar-refractivity contribution in [1.29, 1.82) is 0 Å². The Kier molecular flexibility index (Phi) is 5.07. The summed E-state index contributed by atoms with van der Waals surface area (Å²) in [6, 6.07) is 1.92. The van der Waals surface area contributed by atoms with Crippen LogP contribution in [0.5, 0.6) is 5.75 Å². The largest absolute Gasteiger partial charge is 0.471 e. The Bertz CT molecular complexity index is 418. The lowest BCUT2D eigenvalue weighted by Crippen LogP contribution is -2.46. The van der Waals surface area contributed by atoms with Gasteiger partial charge in [-0.3, -0.25) is 0 Å². The second-order valence-corrected chi connectivity index (χ2v) is 3.88. The van der Waals surface area contributed by atoms with Gasteiger partial charge in [0.25, 0.3) is 6.10 Å². The third-order valence-electron chi connectivity index (χ3n) is 2.14. The molecule has 0 saturated heterocycles. The predicted octanol–water partition coefficient (Wildman–Crippen LogP) is 3.78. The fraction of sp³-hybridized carbons (Fsp3) is 0.545. The van der Waals surface area contributed by atoms with Crippen LogP contribution >= 0.6 is 0 Å².